The lowest BCUT2D eigenvalue weighted by Crippen LogP contribution is -2.14. The Morgan fingerprint density at radius 3 is 2.29 bits per heavy atom. The third kappa shape index (κ3) is 3.69. The second kappa shape index (κ2) is 7.43. The van der Waals surface area contributed by atoms with Gasteiger partial charge in [0.2, 0.25) is 0 Å². The van der Waals surface area contributed by atoms with E-state index in [1.165, 1.54) is 18.2 Å². The van der Waals surface area contributed by atoms with E-state index < -0.39 is 10.1 Å². The smallest absolute Gasteiger partial charge is 0.339 e. The van der Waals surface area contributed by atoms with E-state index in [0.29, 0.717) is 5.58 Å². The fourth-order valence-electron chi connectivity index (χ4n) is 3.71. The van der Waals surface area contributed by atoms with E-state index in [-0.39, 0.29) is 16.3 Å². The van der Waals surface area contributed by atoms with Crippen molar-refractivity contribution in [1.82, 2.24) is 0 Å². The minimum atomic E-state index is -3.96. The number of rotatable bonds is 3. The van der Waals surface area contributed by atoms with Gasteiger partial charge >= 0.3 is 15.7 Å². The van der Waals surface area contributed by atoms with Gasteiger partial charge in [-0.3, -0.25) is 0 Å². The second-order valence-electron chi connectivity index (χ2n) is 7.27. The quantitative estimate of drug-likeness (QED) is 0.479. The van der Waals surface area contributed by atoms with Crippen molar-refractivity contribution in [3.63, 3.8) is 0 Å². The summed E-state index contributed by atoms with van der Waals surface area (Å²) in [5.41, 5.74) is 2.78. The maximum atomic E-state index is 12.5. The fraction of sp³-hybridized carbons (Fsp3) is 0.318. The minimum Gasteiger partial charge on any atom is -0.422 e. The molecule has 0 atom stereocenters. The van der Waals surface area contributed by atoms with Crippen LogP contribution in [0.1, 0.15) is 42.4 Å². The predicted molar refractivity (Wildman–Crippen MR) is 107 cm³/mol. The number of benzene rings is 2. The third-order valence-electron chi connectivity index (χ3n) is 5.21. The summed E-state index contributed by atoms with van der Waals surface area (Å²) in [4.78, 5) is 12.5. The SMILES string of the molecule is Cc1ccc(S(=O)(=O)Oc2ccc3c4c(c(=O)oc3c2)CCCCCC4)cc1. The van der Waals surface area contributed by atoms with Gasteiger partial charge in [-0.1, -0.05) is 30.5 Å². The van der Waals surface area contributed by atoms with Crippen molar-refractivity contribution in [2.75, 3.05) is 0 Å². The Morgan fingerprint density at radius 2 is 1.57 bits per heavy atom. The molecule has 0 saturated heterocycles. The highest BCUT2D eigenvalue weighted by Gasteiger charge is 2.19. The van der Waals surface area contributed by atoms with Crippen molar-refractivity contribution < 1.29 is 17.0 Å². The standard InChI is InChI=1S/C22H22O5S/c1-15-8-11-17(12-9-15)28(24,25)27-16-10-13-19-18-6-4-2-3-5-7-20(18)22(23)26-21(19)14-16/h8-14H,2-7H2,1H3. The van der Waals surface area contributed by atoms with Gasteiger partial charge in [0.1, 0.15) is 16.2 Å². The van der Waals surface area contributed by atoms with Crippen molar-refractivity contribution in [1.29, 1.82) is 0 Å². The molecule has 1 aliphatic rings. The first kappa shape index (κ1) is 18.7. The van der Waals surface area contributed by atoms with Gasteiger partial charge in [0.15, 0.2) is 0 Å². The number of fused-ring (bicyclic) bond motifs is 3. The molecule has 6 heteroatoms. The molecule has 1 aromatic heterocycles. The molecule has 0 saturated carbocycles. The van der Waals surface area contributed by atoms with Gasteiger partial charge in [-0.2, -0.15) is 8.42 Å². The average Bonchev–Trinajstić information content (AvgIpc) is 2.62. The van der Waals surface area contributed by atoms with Gasteiger partial charge in [0.05, 0.1) is 0 Å². The van der Waals surface area contributed by atoms with E-state index >= 15 is 0 Å². The Hall–Kier alpha value is -2.60. The van der Waals surface area contributed by atoms with Crippen LogP contribution in [0.5, 0.6) is 5.75 Å². The van der Waals surface area contributed by atoms with Crippen LogP contribution in [0.3, 0.4) is 0 Å². The first-order valence-corrected chi connectivity index (χ1v) is 10.9. The first-order valence-electron chi connectivity index (χ1n) is 9.54. The third-order valence-corrected chi connectivity index (χ3v) is 6.47. The highest BCUT2D eigenvalue weighted by Crippen LogP contribution is 2.29. The molecule has 0 fully saturated rings. The monoisotopic (exact) mass is 398 g/mol. The topological polar surface area (TPSA) is 73.6 Å². The van der Waals surface area contributed by atoms with Crippen LogP contribution < -0.4 is 9.81 Å². The summed E-state index contributed by atoms with van der Waals surface area (Å²) >= 11 is 0. The Kier molecular flexibility index (Phi) is 4.98. The molecule has 3 aromatic rings. The van der Waals surface area contributed by atoms with Crippen LogP contribution in [0.4, 0.5) is 0 Å². The van der Waals surface area contributed by atoms with Crippen LogP contribution in [-0.2, 0) is 23.0 Å². The maximum Gasteiger partial charge on any atom is 0.339 e. The van der Waals surface area contributed by atoms with Crippen LogP contribution in [-0.4, -0.2) is 8.42 Å². The average molecular weight is 398 g/mol. The van der Waals surface area contributed by atoms with Crippen LogP contribution in [0.25, 0.3) is 11.0 Å². The normalized spacial score (nSPS) is 14.9. The van der Waals surface area contributed by atoms with Gasteiger partial charge in [-0.25, -0.2) is 4.79 Å². The van der Waals surface area contributed by atoms with Crippen LogP contribution in [0.15, 0.2) is 56.6 Å². The van der Waals surface area contributed by atoms with Crippen LogP contribution in [0.2, 0.25) is 0 Å². The van der Waals surface area contributed by atoms with Crippen molar-refractivity contribution in [2.45, 2.75) is 50.3 Å². The fourth-order valence-corrected chi connectivity index (χ4v) is 4.63. The summed E-state index contributed by atoms with van der Waals surface area (Å²) < 4.78 is 35.8. The summed E-state index contributed by atoms with van der Waals surface area (Å²) in [7, 11) is -3.96. The molecular formula is C22H22O5S. The summed E-state index contributed by atoms with van der Waals surface area (Å²) in [5.74, 6) is 0.127. The zero-order valence-corrected chi connectivity index (χ0v) is 16.6. The molecule has 4 rings (SSSR count). The number of hydrogen-bond acceptors (Lipinski definition) is 5. The lowest BCUT2D eigenvalue weighted by atomic mass is 9.92. The van der Waals surface area contributed by atoms with E-state index in [4.69, 9.17) is 8.60 Å². The van der Waals surface area contributed by atoms with Crippen LogP contribution in [0, 0.1) is 6.92 Å². The van der Waals surface area contributed by atoms with Crippen molar-refractivity contribution in [3.05, 3.63) is 69.6 Å². The summed E-state index contributed by atoms with van der Waals surface area (Å²) in [5, 5.41) is 0.858. The number of aryl methyl sites for hydroxylation is 2. The van der Waals surface area contributed by atoms with Gasteiger partial charge in [0.25, 0.3) is 0 Å². The van der Waals surface area contributed by atoms with Crippen molar-refractivity contribution in [2.24, 2.45) is 0 Å². The molecule has 0 N–H and O–H groups in total. The molecule has 5 nitrogen and oxygen atoms in total. The Morgan fingerprint density at radius 1 is 0.893 bits per heavy atom. The summed E-state index contributed by atoms with van der Waals surface area (Å²) in [6.45, 7) is 1.88. The summed E-state index contributed by atoms with van der Waals surface area (Å²) in [6, 6.07) is 11.3. The van der Waals surface area contributed by atoms with E-state index in [9.17, 15) is 13.2 Å². The molecule has 0 spiro atoms. The molecule has 0 aliphatic heterocycles. The zero-order valence-electron chi connectivity index (χ0n) is 15.7. The second-order valence-corrected chi connectivity index (χ2v) is 8.82. The largest absolute Gasteiger partial charge is 0.422 e. The molecule has 28 heavy (non-hydrogen) atoms. The van der Waals surface area contributed by atoms with Gasteiger partial charge < -0.3 is 8.60 Å². The molecule has 146 valence electrons. The van der Waals surface area contributed by atoms with Crippen LogP contribution >= 0.6 is 0 Å². The lowest BCUT2D eigenvalue weighted by molar-refractivity contribution is 0.484. The highest BCUT2D eigenvalue weighted by atomic mass is 32.2. The van der Waals surface area contributed by atoms with Crippen molar-refractivity contribution >= 4 is 21.1 Å². The Labute approximate surface area is 164 Å². The van der Waals surface area contributed by atoms with Gasteiger partial charge in [0, 0.05) is 17.0 Å². The minimum absolute atomic E-state index is 0.0813. The Bertz CT molecular complexity index is 1170. The van der Waals surface area contributed by atoms with E-state index in [1.807, 2.05) is 6.92 Å². The maximum absolute atomic E-state index is 12.5. The zero-order chi connectivity index (χ0) is 19.7. The molecule has 2 aromatic carbocycles. The van der Waals surface area contributed by atoms with Crippen molar-refractivity contribution in [3.8, 4) is 5.75 Å². The van der Waals surface area contributed by atoms with E-state index in [1.54, 1.807) is 24.3 Å². The lowest BCUT2D eigenvalue weighted by Gasteiger charge is -2.15. The van der Waals surface area contributed by atoms with Gasteiger partial charge in [-0.15, -0.1) is 0 Å². The predicted octanol–water partition coefficient (Wildman–Crippen LogP) is 4.53. The molecule has 0 bridgehead atoms. The van der Waals surface area contributed by atoms with Gasteiger partial charge in [-0.05, 0) is 62.4 Å². The number of hydrogen-bond donors (Lipinski definition) is 0. The molecule has 1 aliphatic carbocycles. The molecule has 0 amide bonds. The molecule has 0 radical (unpaired) electrons. The van der Waals surface area contributed by atoms with E-state index in [0.717, 1.165) is 60.6 Å². The first-order chi connectivity index (χ1) is 13.4. The molecular weight excluding hydrogens is 376 g/mol. The van der Waals surface area contributed by atoms with E-state index in [2.05, 4.69) is 0 Å². The Balaban J connectivity index is 1.73. The molecule has 1 heterocycles. The highest BCUT2D eigenvalue weighted by molar-refractivity contribution is 7.87. The summed E-state index contributed by atoms with van der Waals surface area (Å²) in [6.07, 6.45) is 5.86. The molecule has 0 unspecified atom stereocenters.